The second-order valence-corrected chi connectivity index (χ2v) is 5.78. The van der Waals surface area contributed by atoms with Gasteiger partial charge in [-0.3, -0.25) is 4.79 Å². The van der Waals surface area contributed by atoms with Crippen LogP contribution in [0.25, 0.3) is 0 Å². The fourth-order valence-electron chi connectivity index (χ4n) is 3.17. The summed E-state index contributed by atoms with van der Waals surface area (Å²) in [5.74, 6) is 0.892. The lowest BCUT2D eigenvalue weighted by molar-refractivity contribution is 0.0735. The van der Waals surface area contributed by atoms with Gasteiger partial charge in [0.25, 0.3) is 5.91 Å². The van der Waals surface area contributed by atoms with E-state index in [1.807, 2.05) is 23.1 Å². The van der Waals surface area contributed by atoms with Crippen LogP contribution < -0.4 is 9.47 Å². The molecular weight excluding hydrogens is 309 g/mol. The summed E-state index contributed by atoms with van der Waals surface area (Å²) >= 11 is 0. The van der Waals surface area contributed by atoms with E-state index >= 15 is 0 Å². The van der Waals surface area contributed by atoms with Crippen molar-refractivity contribution >= 4 is 5.91 Å². The van der Waals surface area contributed by atoms with Crippen LogP contribution in [0.15, 0.2) is 42.5 Å². The molecule has 1 heterocycles. The van der Waals surface area contributed by atoms with E-state index in [0.717, 1.165) is 18.4 Å². The number of methoxy groups -OCH3 is 2. The highest BCUT2D eigenvalue weighted by Gasteiger charge is 2.31. The second kappa shape index (κ2) is 6.91. The number of benzene rings is 2. The number of carbonyl (C=O) groups is 1. The van der Waals surface area contributed by atoms with Crippen LogP contribution in [0.3, 0.4) is 0 Å². The fourth-order valence-corrected chi connectivity index (χ4v) is 3.17. The largest absolute Gasteiger partial charge is 0.493 e. The molecule has 1 aliphatic heterocycles. The smallest absolute Gasteiger partial charge is 0.254 e. The minimum atomic E-state index is -0.343. The molecule has 126 valence electrons. The lowest BCUT2D eigenvalue weighted by Crippen LogP contribution is -2.30. The second-order valence-electron chi connectivity index (χ2n) is 5.78. The van der Waals surface area contributed by atoms with Crippen molar-refractivity contribution in [2.45, 2.75) is 18.9 Å². The monoisotopic (exact) mass is 329 g/mol. The highest BCUT2D eigenvalue weighted by Crippen LogP contribution is 2.37. The molecule has 1 amide bonds. The van der Waals surface area contributed by atoms with Crippen molar-refractivity contribution in [3.8, 4) is 11.5 Å². The van der Waals surface area contributed by atoms with Crippen molar-refractivity contribution in [1.82, 2.24) is 4.90 Å². The van der Waals surface area contributed by atoms with E-state index in [-0.39, 0.29) is 17.8 Å². The number of nitrogens with zero attached hydrogens (tertiary/aromatic N) is 1. The number of likely N-dealkylation sites (tertiary alicyclic amines) is 1. The van der Waals surface area contributed by atoms with E-state index in [9.17, 15) is 9.18 Å². The van der Waals surface area contributed by atoms with Gasteiger partial charge >= 0.3 is 0 Å². The number of carbonyl (C=O) groups excluding carboxylic acids is 1. The average molecular weight is 329 g/mol. The van der Waals surface area contributed by atoms with E-state index in [1.165, 1.54) is 24.3 Å². The molecule has 0 N–H and O–H groups in total. The van der Waals surface area contributed by atoms with E-state index in [2.05, 4.69) is 0 Å². The summed E-state index contributed by atoms with van der Waals surface area (Å²) in [6.45, 7) is 0.690. The van der Waals surface area contributed by atoms with Crippen molar-refractivity contribution in [3.63, 3.8) is 0 Å². The Morgan fingerprint density at radius 2 is 1.79 bits per heavy atom. The van der Waals surface area contributed by atoms with Crippen LogP contribution in [0.1, 0.15) is 34.8 Å². The molecule has 0 aromatic heterocycles. The first-order valence-corrected chi connectivity index (χ1v) is 7.92. The molecule has 0 radical (unpaired) electrons. The minimum Gasteiger partial charge on any atom is -0.493 e. The van der Waals surface area contributed by atoms with Gasteiger partial charge in [0.1, 0.15) is 5.82 Å². The van der Waals surface area contributed by atoms with Crippen molar-refractivity contribution < 1.29 is 18.7 Å². The molecule has 0 bridgehead atoms. The predicted octanol–water partition coefficient (Wildman–Crippen LogP) is 3.82. The Morgan fingerprint density at radius 1 is 1.08 bits per heavy atom. The number of ether oxygens (including phenoxy) is 2. The van der Waals surface area contributed by atoms with Gasteiger partial charge in [0.15, 0.2) is 11.5 Å². The van der Waals surface area contributed by atoms with Crippen molar-refractivity contribution in [2.75, 3.05) is 20.8 Å². The molecular formula is C19H20FNO3. The van der Waals surface area contributed by atoms with E-state index in [4.69, 9.17) is 9.47 Å². The molecule has 2 aromatic carbocycles. The maximum atomic E-state index is 13.1. The van der Waals surface area contributed by atoms with E-state index in [0.29, 0.717) is 23.6 Å². The molecule has 1 fully saturated rings. The molecule has 1 saturated heterocycles. The Morgan fingerprint density at radius 3 is 2.46 bits per heavy atom. The van der Waals surface area contributed by atoms with Gasteiger partial charge in [-0.25, -0.2) is 4.39 Å². The van der Waals surface area contributed by atoms with Gasteiger partial charge in [0.2, 0.25) is 0 Å². The summed E-state index contributed by atoms with van der Waals surface area (Å²) in [4.78, 5) is 14.6. The SMILES string of the molecule is COc1ccc([C@@H]2CCCN2C(=O)c2ccc(F)cc2)cc1OC. The zero-order chi connectivity index (χ0) is 17.1. The van der Waals surface area contributed by atoms with Gasteiger partial charge in [0, 0.05) is 12.1 Å². The van der Waals surface area contributed by atoms with Gasteiger partial charge in [-0.15, -0.1) is 0 Å². The summed E-state index contributed by atoms with van der Waals surface area (Å²) in [7, 11) is 3.19. The highest BCUT2D eigenvalue weighted by atomic mass is 19.1. The molecule has 1 atom stereocenters. The maximum absolute atomic E-state index is 13.1. The number of hydrogen-bond acceptors (Lipinski definition) is 3. The lowest BCUT2D eigenvalue weighted by atomic mass is 10.0. The summed E-state index contributed by atoms with van der Waals surface area (Å²) in [6.07, 6.45) is 1.83. The molecule has 0 aliphatic carbocycles. The van der Waals surface area contributed by atoms with Crippen LogP contribution in [0.5, 0.6) is 11.5 Å². The summed E-state index contributed by atoms with van der Waals surface area (Å²) in [5, 5.41) is 0. The molecule has 0 spiro atoms. The third-order valence-electron chi connectivity index (χ3n) is 4.40. The van der Waals surface area contributed by atoms with Crippen molar-refractivity contribution in [3.05, 3.63) is 59.4 Å². The van der Waals surface area contributed by atoms with Crippen LogP contribution in [0, 0.1) is 5.82 Å². The van der Waals surface area contributed by atoms with E-state index < -0.39 is 0 Å². The quantitative estimate of drug-likeness (QED) is 0.856. The van der Waals surface area contributed by atoms with Crippen molar-refractivity contribution in [1.29, 1.82) is 0 Å². The molecule has 0 saturated carbocycles. The lowest BCUT2D eigenvalue weighted by Gasteiger charge is -2.26. The van der Waals surface area contributed by atoms with E-state index in [1.54, 1.807) is 14.2 Å². The normalized spacial score (nSPS) is 17.0. The highest BCUT2D eigenvalue weighted by molar-refractivity contribution is 5.94. The first kappa shape index (κ1) is 16.3. The van der Waals surface area contributed by atoms with Crippen LogP contribution in [0.4, 0.5) is 4.39 Å². The Balaban J connectivity index is 1.87. The Labute approximate surface area is 140 Å². The van der Waals surface area contributed by atoms with Crippen LogP contribution in [-0.2, 0) is 0 Å². The standard InChI is InChI=1S/C19H20FNO3/c1-23-17-10-7-14(12-18(17)24-2)16-4-3-11-21(16)19(22)13-5-8-15(20)9-6-13/h5-10,12,16H,3-4,11H2,1-2H3/t16-/m0/s1. The third kappa shape index (κ3) is 3.07. The summed E-state index contributed by atoms with van der Waals surface area (Å²) in [6, 6.07) is 11.4. The number of rotatable bonds is 4. The molecule has 3 rings (SSSR count). The first-order valence-electron chi connectivity index (χ1n) is 7.92. The zero-order valence-corrected chi connectivity index (χ0v) is 13.8. The van der Waals surface area contributed by atoms with Crippen LogP contribution in [0.2, 0.25) is 0 Å². The van der Waals surface area contributed by atoms with Gasteiger partial charge in [-0.2, -0.15) is 0 Å². The Kier molecular flexibility index (Phi) is 4.69. The molecule has 2 aromatic rings. The van der Waals surface area contributed by atoms with Crippen LogP contribution >= 0.6 is 0 Å². The van der Waals surface area contributed by atoms with Gasteiger partial charge < -0.3 is 14.4 Å². The topological polar surface area (TPSA) is 38.8 Å². The van der Waals surface area contributed by atoms with Gasteiger partial charge in [-0.05, 0) is 54.8 Å². The van der Waals surface area contributed by atoms with Crippen LogP contribution in [-0.4, -0.2) is 31.6 Å². The first-order chi connectivity index (χ1) is 11.6. The molecule has 4 nitrogen and oxygen atoms in total. The Hall–Kier alpha value is -2.56. The number of amides is 1. The van der Waals surface area contributed by atoms with Gasteiger partial charge in [0.05, 0.1) is 20.3 Å². The number of halogens is 1. The summed E-state index contributed by atoms with van der Waals surface area (Å²) < 4.78 is 23.7. The zero-order valence-electron chi connectivity index (χ0n) is 13.8. The van der Waals surface area contributed by atoms with Gasteiger partial charge in [-0.1, -0.05) is 6.07 Å². The molecule has 0 unspecified atom stereocenters. The number of hydrogen-bond donors (Lipinski definition) is 0. The Bertz CT molecular complexity index is 730. The molecule has 24 heavy (non-hydrogen) atoms. The fraction of sp³-hybridized carbons (Fsp3) is 0.316. The maximum Gasteiger partial charge on any atom is 0.254 e. The third-order valence-corrected chi connectivity index (χ3v) is 4.40. The van der Waals surface area contributed by atoms with Crippen molar-refractivity contribution in [2.24, 2.45) is 0 Å². The average Bonchev–Trinajstić information content (AvgIpc) is 3.10. The minimum absolute atomic E-state index is 0.0117. The molecule has 1 aliphatic rings. The predicted molar refractivity (Wildman–Crippen MR) is 89.0 cm³/mol. The molecule has 5 heteroatoms. The summed E-state index contributed by atoms with van der Waals surface area (Å²) in [5.41, 5.74) is 1.52.